The molecule has 16 heavy (non-hydrogen) atoms. The van der Waals surface area contributed by atoms with Gasteiger partial charge in [0.1, 0.15) is 0 Å². The molecule has 0 bridgehead atoms. The van der Waals surface area contributed by atoms with Gasteiger partial charge < -0.3 is 5.73 Å². The van der Waals surface area contributed by atoms with E-state index in [0.717, 1.165) is 22.0 Å². The molecule has 0 spiro atoms. The Bertz CT molecular complexity index is 496. The van der Waals surface area contributed by atoms with Crippen LogP contribution in [0.3, 0.4) is 0 Å². The molecule has 2 nitrogen and oxygen atoms in total. The molecule has 0 aliphatic rings. The molecule has 2 N–H and O–H groups in total. The Morgan fingerprint density at radius 1 is 1.50 bits per heavy atom. The summed E-state index contributed by atoms with van der Waals surface area (Å²) >= 11 is 9.18. The largest absolute Gasteiger partial charge is 0.375 e. The van der Waals surface area contributed by atoms with Crippen LogP contribution in [0.25, 0.3) is 0 Å². The highest BCUT2D eigenvalue weighted by Gasteiger charge is 2.02. The first-order chi connectivity index (χ1) is 7.65. The van der Waals surface area contributed by atoms with Crippen molar-refractivity contribution in [1.29, 1.82) is 0 Å². The predicted molar refractivity (Wildman–Crippen MR) is 72.3 cm³/mol. The van der Waals surface area contributed by atoms with E-state index in [1.165, 1.54) is 16.2 Å². The second-order valence-corrected chi connectivity index (χ2v) is 5.72. The normalized spacial score (nSPS) is 10.6. The molecule has 0 saturated heterocycles. The maximum Gasteiger partial charge on any atom is 0.180 e. The molecule has 2 rings (SSSR count). The number of halogens is 1. The molecule has 0 saturated carbocycles. The lowest BCUT2D eigenvalue weighted by molar-refractivity contribution is 1.23. The fraction of sp³-hybridized carbons (Fsp3) is 0.182. The Kier molecular flexibility index (Phi) is 3.74. The van der Waals surface area contributed by atoms with Gasteiger partial charge in [-0.3, -0.25) is 0 Å². The summed E-state index contributed by atoms with van der Waals surface area (Å²) in [6, 6.07) is 6.03. The van der Waals surface area contributed by atoms with E-state index < -0.39 is 0 Å². The molecule has 0 aliphatic carbocycles. The van der Waals surface area contributed by atoms with Crippen LogP contribution in [0.4, 0.5) is 5.13 Å². The zero-order chi connectivity index (χ0) is 11.5. The number of nitrogens with two attached hydrogens (primary N) is 1. The van der Waals surface area contributed by atoms with Crippen molar-refractivity contribution in [2.45, 2.75) is 17.6 Å². The molecule has 5 heteroatoms. The average Bonchev–Trinajstić information content (AvgIpc) is 2.66. The molecule has 2 aromatic rings. The van der Waals surface area contributed by atoms with E-state index in [1.807, 2.05) is 24.4 Å². The standard InChI is InChI=1S/C11H11ClN2S2/c1-7-4-9(2-3-10(7)12)15-5-8-6-16-11(13)14-8/h2-4,6H,5H2,1H3,(H2,13,14). The van der Waals surface area contributed by atoms with Crippen LogP contribution in [0.2, 0.25) is 5.02 Å². The van der Waals surface area contributed by atoms with Crippen LogP contribution in [-0.4, -0.2) is 4.98 Å². The van der Waals surface area contributed by atoms with Crippen molar-refractivity contribution in [3.63, 3.8) is 0 Å². The van der Waals surface area contributed by atoms with Crippen molar-refractivity contribution in [1.82, 2.24) is 4.98 Å². The third kappa shape index (κ3) is 2.90. The van der Waals surface area contributed by atoms with Gasteiger partial charge in [-0.25, -0.2) is 4.98 Å². The number of anilines is 1. The van der Waals surface area contributed by atoms with E-state index in [-0.39, 0.29) is 0 Å². The molecule has 1 heterocycles. The van der Waals surface area contributed by atoms with Gasteiger partial charge >= 0.3 is 0 Å². The number of hydrogen-bond acceptors (Lipinski definition) is 4. The first kappa shape index (κ1) is 11.8. The maximum absolute atomic E-state index is 5.96. The molecule has 0 unspecified atom stereocenters. The third-order valence-electron chi connectivity index (χ3n) is 2.09. The quantitative estimate of drug-likeness (QED) is 0.858. The Morgan fingerprint density at radius 2 is 2.31 bits per heavy atom. The summed E-state index contributed by atoms with van der Waals surface area (Å²) in [5, 5.41) is 3.43. The fourth-order valence-corrected chi connectivity index (χ4v) is 2.93. The minimum Gasteiger partial charge on any atom is -0.375 e. The number of hydrogen-bond donors (Lipinski definition) is 1. The van der Waals surface area contributed by atoms with Crippen LogP contribution >= 0.6 is 34.7 Å². The average molecular weight is 271 g/mol. The van der Waals surface area contributed by atoms with Crippen LogP contribution in [0, 0.1) is 6.92 Å². The second-order valence-electron chi connectivity index (χ2n) is 3.38. The van der Waals surface area contributed by atoms with Gasteiger partial charge in [-0.05, 0) is 30.7 Å². The smallest absolute Gasteiger partial charge is 0.180 e. The van der Waals surface area contributed by atoms with Crippen molar-refractivity contribution < 1.29 is 0 Å². The van der Waals surface area contributed by atoms with Crippen LogP contribution in [0.5, 0.6) is 0 Å². The van der Waals surface area contributed by atoms with Gasteiger partial charge in [-0.2, -0.15) is 0 Å². The minimum absolute atomic E-state index is 0.628. The fourth-order valence-electron chi connectivity index (χ4n) is 1.25. The Balaban J connectivity index is 2.02. The van der Waals surface area contributed by atoms with Crippen molar-refractivity contribution in [3.8, 4) is 0 Å². The monoisotopic (exact) mass is 270 g/mol. The zero-order valence-electron chi connectivity index (χ0n) is 8.74. The van der Waals surface area contributed by atoms with E-state index >= 15 is 0 Å². The number of aryl methyl sites for hydroxylation is 1. The summed E-state index contributed by atoms with van der Waals surface area (Å²) in [7, 11) is 0. The predicted octanol–water partition coefficient (Wildman–Crippen LogP) is 3.98. The van der Waals surface area contributed by atoms with E-state index in [4.69, 9.17) is 17.3 Å². The Morgan fingerprint density at radius 3 is 2.94 bits per heavy atom. The van der Waals surface area contributed by atoms with Crippen molar-refractivity contribution in [2.75, 3.05) is 5.73 Å². The molecule has 1 aromatic carbocycles. The Hall–Kier alpha value is -0.710. The number of aromatic nitrogens is 1. The third-order valence-corrected chi connectivity index (χ3v) is 4.26. The Labute approximate surface area is 108 Å². The molecular formula is C11H11ClN2S2. The van der Waals surface area contributed by atoms with Crippen LogP contribution < -0.4 is 5.73 Å². The molecule has 0 amide bonds. The van der Waals surface area contributed by atoms with Gasteiger partial charge in [-0.1, -0.05) is 11.6 Å². The molecule has 1 aromatic heterocycles. The molecular weight excluding hydrogens is 260 g/mol. The van der Waals surface area contributed by atoms with Gasteiger partial charge in [0.25, 0.3) is 0 Å². The van der Waals surface area contributed by atoms with Crippen molar-refractivity contribution in [2.24, 2.45) is 0 Å². The van der Waals surface area contributed by atoms with Gasteiger partial charge in [0.05, 0.1) is 5.69 Å². The SMILES string of the molecule is Cc1cc(SCc2csc(N)n2)ccc1Cl. The lowest BCUT2D eigenvalue weighted by atomic mass is 10.2. The zero-order valence-corrected chi connectivity index (χ0v) is 11.1. The van der Waals surface area contributed by atoms with Gasteiger partial charge in [0.15, 0.2) is 5.13 Å². The molecule has 0 radical (unpaired) electrons. The van der Waals surface area contributed by atoms with Crippen molar-refractivity contribution >= 4 is 39.8 Å². The summed E-state index contributed by atoms with van der Waals surface area (Å²) in [6.07, 6.45) is 0. The van der Waals surface area contributed by atoms with Crippen LogP contribution in [0.15, 0.2) is 28.5 Å². The van der Waals surface area contributed by atoms with E-state index in [2.05, 4.69) is 11.1 Å². The lowest BCUT2D eigenvalue weighted by Crippen LogP contribution is -1.85. The molecule has 84 valence electrons. The minimum atomic E-state index is 0.628. The lowest BCUT2D eigenvalue weighted by Gasteiger charge is -2.02. The van der Waals surface area contributed by atoms with Gasteiger partial charge in [-0.15, -0.1) is 23.1 Å². The highest BCUT2D eigenvalue weighted by Crippen LogP contribution is 2.27. The first-order valence-electron chi connectivity index (χ1n) is 4.74. The number of benzene rings is 1. The molecule has 0 fully saturated rings. The first-order valence-corrected chi connectivity index (χ1v) is 6.98. The highest BCUT2D eigenvalue weighted by molar-refractivity contribution is 7.98. The summed E-state index contributed by atoms with van der Waals surface area (Å²) < 4.78 is 0. The summed E-state index contributed by atoms with van der Waals surface area (Å²) in [6.45, 7) is 2.01. The van der Waals surface area contributed by atoms with E-state index in [1.54, 1.807) is 11.8 Å². The van der Waals surface area contributed by atoms with Crippen LogP contribution in [-0.2, 0) is 5.75 Å². The maximum atomic E-state index is 5.96. The van der Waals surface area contributed by atoms with Crippen LogP contribution in [0.1, 0.15) is 11.3 Å². The van der Waals surface area contributed by atoms with Gasteiger partial charge in [0.2, 0.25) is 0 Å². The summed E-state index contributed by atoms with van der Waals surface area (Å²) in [5.74, 6) is 0.842. The van der Waals surface area contributed by atoms with Crippen molar-refractivity contribution in [3.05, 3.63) is 39.9 Å². The number of rotatable bonds is 3. The number of nitrogen functional groups attached to an aromatic ring is 1. The molecule has 0 atom stereocenters. The topological polar surface area (TPSA) is 38.9 Å². The number of thiazole rings is 1. The summed E-state index contributed by atoms with van der Waals surface area (Å²) in [4.78, 5) is 5.42. The molecule has 0 aliphatic heterocycles. The number of thioether (sulfide) groups is 1. The van der Waals surface area contributed by atoms with E-state index in [0.29, 0.717) is 5.13 Å². The van der Waals surface area contributed by atoms with E-state index in [9.17, 15) is 0 Å². The summed E-state index contributed by atoms with van der Waals surface area (Å²) in [5.41, 5.74) is 7.70. The number of nitrogens with zero attached hydrogens (tertiary/aromatic N) is 1. The van der Waals surface area contributed by atoms with Gasteiger partial charge in [0, 0.05) is 21.1 Å². The highest BCUT2D eigenvalue weighted by atomic mass is 35.5. The second kappa shape index (κ2) is 5.08.